The average molecular weight is 490 g/mol. The Kier molecular flexibility index (Phi) is 7.10. The number of carbonyl (C=O) groups is 2. The molecule has 2 aromatic carbocycles. The number of hydrogen-bond donors (Lipinski definition) is 1. The number of aryl methyl sites for hydroxylation is 1. The lowest BCUT2D eigenvalue weighted by Gasteiger charge is -2.34. The van der Waals surface area contributed by atoms with Crippen LogP contribution in [0.15, 0.2) is 65.1 Å². The molecule has 1 unspecified atom stereocenters. The van der Waals surface area contributed by atoms with Gasteiger partial charge in [0.25, 0.3) is 5.91 Å². The van der Waals surface area contributed by atoms with Crippen molar-refractivity contribution in [1.82, 2.24) is 20.3 Å². The zero-order valence-corrected chi connectivity index (χ0v) is 21.2. The van der Waals surface area contributed by atoms with Gasteiger partial charge >= 0.3 is 0 Å². The van der Waals surface area contributed by atoms with Crippen LogP contribution in [-0.2, 0) is 16.1 Å². The van der Waals surface area contributed by atoms with Crippen LogP contribution in [0.2, 0.25) is 0 Å². The summed E-state index contributed by atoms with van der Waals surface area (Å²) in [5.41, 5.74) is 1.34. The highest BCUT2D eigenvalue weighted by Crippen LogP contribution is 2.36. The van der Waals surface area contributed by atoms with E-state index in [2.05, 4.69) is 15.6 Å². The second-order valence-corrected chi connectivity index (χ2v) is 9.25. The molecule has 4 aromatic rings. The van der Waals surface area contributed by atoms with Crippen LogP contribution in [0.25, 0.3) is 11.0 Å². The summed E-state index contributed by atoms with van der Waals surface area (Å²) < 4.78 is 13.0. The van der Waals surface area contributed by atoms with Gasteiger partial charge in [0.05, 0.1) is 18.3 Å². The van der Waals surface area contributed by atoms with Crippen LogP contribution in [0.5, 0.6) is 5.75 Å². The fourth-order valence-corrected chi connectivity index (χ4v) is 3.95. The van der Waals surface area contributed by atoms with Crippen LogP contribution >= 0.6 is 0 Å². The van der Waals surface area contributed by atoms with Crippen LogP contribution in [-0.4, -0.2) is 39.5 Å². The van der Waals surface area contributed by atoms with Gasteiger partial charge in [-0.25, -0.2) is 4.68 Å². The fourth-order valence-electron chi connectivity index (χ4n) is 3.95. The van der Waals surface area contributed by atoms with E-state index in [4.69, 9.17) is 9.15 Å². The molecule has 2 aromatic heterocycles. The number of aromatic nitrogens is 3. The van der Waals surface area contributed by atoms with E-state index >= 15 is 0 Å². The first-order chi connectivity index (χ1) is 17.2. The number of rotatable bonds is 9. The largest absolute Gasteiger partial charge is 0.495 e. The van der Waals surface area contributed by atoms with Crippen LogP contribution in [0, 0.1) is 6.92 Å². The molecule has 0 spiro atoms. The van der Waals surface area contributed by atoms with E-state index in [-0.39, 0.29) is 18.4 Å². The number of carbonyl (C=O) groups excluding carboxylic acids is 2. The van der Waals surface area contributed by atoms with E-state index in [9.17, 15) is 9.59 Å². The lowest BCUT2D eigenvalue weighted by molar-refractivity contribution is -0.128. The Bertz CT molecular complexity index is 1370. The number of methoxy groups -OCH3 is 1. The van der Waals surface area contributed by atoms with E-state index in [0.29, 0.717) is 40.4 Å². The van der Waals surface area contributed by atoms with Crippen molar-refractivity contribution < 1.29 is 18.7 Å². The first-order valence-corrected chi connectivity index (χ1v) is 11.9. The van der Waals surface area contributed by atoms with Gasteiger partial charge < -0.3 is 14.5 Å². The molecule has 1 N–H and O–H groups in total. The molecular weight excluding hydrogens is 458 g/mol. The number of nitrogens with zero attached hydrogens (tertiary/aromatic N) is 4. The molecule has 0 aliphatic heterocycles. The molecule has 2 amide bonds. The second-order valence-electron chi connectivity index (χ2n) is 9.25. The SMILES string of the molecule is CCC(C)(C)NC(=O)C(c1ccc(C)o1)N(C(=O)Cn1nnc2ccccc21)c1ccccc1OC. The number of para-hydroxylation sites is 3. The molecule has 0 radical (unpaired) electrons. The number of furan rings is 1. The molecule has 188 valence electrons. The van der Waals surface area contributed by atoms with Gasteiger partial charge in [-0.15, -0.1) is 5.10 Å². The lowest BCUT2D eigenvalue weighted by atomic mass is 10.0. The molecule has 0 aliphatic rings. The van der Waals surface area contributed by atoms with Gasteiger partial charge in [0.1, 0.15) is 29.3 Å². The van der Waals surface area contributed by atoms with Crippen molar-refractivity contribution in [2.75, 3.05) is 12.0 Å². The highest BCUT2D eigenvalue weighted by Gasteiger charge is 2.38. The Balaban J connectivity index is 1.84. The first kappa shape index (κ1) is 25.0. The van der Waals surface area contributed by atoms with E-state index in [0.717, 1.165) is 0 Å². The van der Waals surface area contributed by atoms with Crippen molar-refractivity contribution in [2.24, 2.45) is 0 Å². The van der Waals surface area contributed by atoms with Gasteiger partial charge in [-0.3, -0.25) is 14.5 Å². The summed E-state index contributed by atoms with van der Waals surface area (Å²) in [6.07, 6.45) is 0.705. The normalized spacial score (nSPS) is 12.4. The predicted molar refractivity (Wildman–Crippen MR) is 137 cm³/mol. The summed E-state index contributed by atoms with van der Waals surface area (Å²) in [6, 6.07) is 16.9. The fraction of sp³-hybridized carbons (Fsp3) is 0.333. The highest BCUT2D eigenvalue weighted by molar-refractivity contribution is 6.02. The van der Waals surface area contributed by atoms with E-state index in [1.165, 1.54) is 16.7 Å². The predicted octanol–water partition coefficient (Wildman–Crippen LogP) is 4.42. The molecule has 1 atom stereocenters. The van der Waals surface area contributed by atoms with Crippen LogP contribution in [0.4, 0.5) is 5.69 Å². The number of ether oxygens (including phenoxy) is 1. The van der Waals surface area contributed by atoms with Crippen LogP contribution in [0.1, 0.15) is 44.8 Å². The minimum atomic E-state index is -1.08. The zero-order chi connectivity index (χ0) is 25.9. The summed E-state index contributed by atoms with van der Waals surface area (Å²) >= 11 is 0. The third-order valence-electron chi connectivity index (χ3n) is 6.20. The van der Waals surface area contributed by atoms with Crippen molar-refractivity contribution in [3.63, 3.8) is 0 Å². The average Bonchev–Trinajstić information content (AvgIpc) is 3.48. The molecule has 9 nitrogen and oxygen atoms in total. The Labute approximate surface area is 210 Å². The molecule has 0 saturated carbocycles. The molecule has 0 bridgehead atoms. The van der Waals surface area contributed by atoms with Gasteiger partial charge in [0.2, 0.25) is 5.91 Å². The molecule has 0 fully saturated rings. The number of amides is 2. The maximum Gasteiger partial charge on any atom is 0.251 e. The summed E-state index contributed by atoms with van der Waals surface area (Å²) in [5, 5.41) is 11.4. The molecule has 0 saturated heterocycles. The van der Waals surface area contributed by atoms with Gasteiger partial charge in [0.15, 0.2) is 6.04 Å². The van der Waals surface area contributed by atoms with E-state index in [1.807, 2.05) is 51.1 Å². The summed E-state index contributed by atoms with van der Waals surface area (Å²) in [7, 11) is 1.53. The Morgan fingerprint density at radius 1 is 1.11 bits per heavy atom. The highest BCUT2D eigenvalue weighted by atomic mass is 16.5. The summed E-state index contributed by atoms with van der Waals surface area (Å²) in [6.45, 7) is 7.52. The van der Waals surface area contributed by atoms with Crippen molar-refractivity contribution in [3.8, 4) is 5.75 Å². The number of fused-ring (bicyclic) bond motifs is 1. The minimum Gasteiger partial charge on any atom is -0.495 e. The van der Waals surface area contributed by atoms with Crippen LogP contribution < -0.4 is 15.0 Å². The van der Waals surface area contributed by atoms with Gasteiger partial charge in [-0.2, -0.15) is 0 Å². The van der Waals surface area contributed by atoms with Crippen LogP contribution in [0.3, 0.4) is 0 Å². The van der Waals surface area contributed by atoms with Crippen molar-refractivity contribution >= 4 is 28.5 Å². The van der Waals surface area contributed by atoms with Crippen molar-refractivity contribution in [3.05, 3.63) is 72.2 Å². The third-order valence-corrected chi connectivity index (χ3v) is 6.20. The Morgan fingerprint density at radius 3 is 2.53 bits per heavy atom. The Hall–Kier alpha value is -4.14. The number of nitrogens with one attached hydrogen (secondary N) is 1. The number of benzene rings is 2. The molecular formula is C27H31N5O4. The minimum absolute atomic E-state index is 0.140. The smallest absolute Gasteiger partial charge is 0.251 e. The van der Waals surface area contributed by atoms with Crippen molar-refractivity contribution in [1.29, 1.82) is 0 Å². The monoisotopic (exact) mass is 489 g/mol. The van der Waals surface area contributed by atoms with Gasteiger partial charge in [-0.05, 0) is 63.6 Å². The molecule has 2 heterocycles. The topological polar surface area (TPSA) is 102 Å². The molecule has 36 heavy (non-hydrogen) atoms. The van der Waals surface area contributed by atoms with E-state index < -0.39 is 11.6 Å². The lowest BCUT2D eigenvalue weighted by Crippen LogP contribution is -2.51. The Morgan fingerprint density at radius 2 is 1.83 bits per heavy atom. The first-order valence-electron chi connectivity index (χ1n) is 11.9. The maximum absolute atomic E-state index is 14.0. The molecule has 9 heteroatoms. The summed E-state index contributed by atoms with van der Waals surface area (Å²) in [4.78, 5) is 29.3. The third kappa shape index (κ3) is 5.10. The summed E-state index contributed by atoms with van der Waals surface area (Å²) in [5.74, 6) is 0.689. The number of hydrogen-bond acceptors (Lipinski definition) is 6. The molecule has 4 rings (SSSR count). The standard InChI is InChI=1S/C27H31N5O4/c1-6-27(3,4)28-26(34)25(23-16-15-18(2)36-23)32(21-13-9-10-14-22(21)35-5)24(33)17-31-20-12-8-7-11-19(20)29-30-31/h7-16,25H,6,17H2,1-5H3,(H,28,34). The zero-order valence-electron chi connectivity index (χ0n) is 21.2. The van der Waals surface area contributed by atoms with E-state index in [1.54, 1.807) is 37.3 Å². The number of anilines is 1. The maximum atomic E-state index is 14.0. The molecule has 0 aliphatic carbocycles. The van der Waals surface area contributed by atoms with Gasteiger partial charge in [0, 0.05) is 5.54 Å². The quantitative estimate of drug-likeness (QED) is 0.373. The van der Waals surface area contributed by atoms with Crippen molar-refractivity contribution in [2.45, 2.75) is 52.2 Å². The van der Waals surface area contributed by atoms with Gasteiger partial charge in [-0.1, -0.05) is 36.4 Å². The second kappa shape index (κ2) is 10.2.